The van der Waals surface area contributed by atoms with Crippen LogP contribution in [0.2, 0.25) is 0 Å². The van der Waals surface area contributed by atoms with E-state index in [1.165, 1.54) is 23.2 Å². The zero-order chi connectivity index (χ0) is 28.4. The molecule has 1 aliphatic heterocycles. The lowest BCUT2D eigenvalue weighted by atomic mass is 9.87. The molecule has 40 heavy (non-hydrogen) atoms. The number of amides is 1. The summed E-state index contributed by atoms with van der Waals surface area (Å²) < 4.78 is 35.2. The van der Waals surface area contributed by atoms with Crippen LogP contribution >= 0.6 is 0 Å². The number of aromatic hydroxyl groups is 1. The number of nitrogens with two attached hydrogens (primary N) is 1. The van der Waals surface area contributed by atoms with E-state index in [-0.39, 0.29) is 46.8 Å². The predicted molar refractivity (Wildman–Crippen MR) is 147 cm³/mol. The Hall–Kier alpha value is -3.68. The van der Waals surface area contributed by atoms with Crippen molar-refractivity contribution in [2.75, 3.05) is 30.9 Å². The zero-order valence-corrected chi connectivity index (χ0v) is 23.1. The first-order chi connectivity index (χ1) is 19.1. The molecule has 12 nitrogen and oxygen atoms in total. The van der Waals surface area contributed by atoms with Gasteiger partial charge in [-0.2, -0.15) is 8.42 Å². The molecule has 0 radical (unpaired) electrons. The third kappa shape index (κ3) is 6.21. The highest BCUT2D eigenvalue weighted by Gasteiger charge is 2.37. The molecule has 1 aliphatic carbocycles. The number of sulfonamides is 1. The third-order valence-corrected chi connectivity index (χ3v) is 8.59. The maximum absolute atomic E-state index is 13.2. The minimum atomic E-state index is -3.91. The lowest BCUT2D eigenvalue weighted by Gasteiger charge is -2.29. The van der Waals surface area contributed by atoms with E-state index in [1.54, 1.807) is 36.2 Å². The molecule has 5 N–H and O–H groups in total. The molecule has 3 heterocycles. The average Bonchev–Trinajstić information content (AvgIpc) is 3.67. The summed E-state index contributed by atoms with van der Waals surface area (Å²) >= 11 is 0. The van der Waals surface area contributed by atoms with Gasteiger partial charge >= 0.3 is 5.63 Å². The number of hydrogen-bond acceptors (Lipinski definition) is 9. The Morgan fingerprint density at radius 2 is 2.02 bits per heavy atom. The number of rotatable bonds is 10. The van der Waals surface area contributed by atoms with Crippen LogP contribution in [-0.2, 0) is 28.3 Å². The van der Waals surface area contributed by atoms with E-state index in [0.29, 0.717) is 24.3 Å². The van der Waals surface area contributed by atoms with Crippen LogP contribution in [0.1, 0.15) is 42.1 Å². The Labute approximate surface area is 232 Å². The van der Waals surface area contributed by atoms with Gasteiger partial charge in [-0.1, -0.05) is 12.1 Å². The van der Waals surface area contributed by atoms with Crippen molar-refractivity contribution in [1.29, 1.82) is 0 Å². The lowest BCUT2D eigenvalue weighted by Crippen LogP contribution is -2.51. The molecular formula is C27H34N6O6S. The van der Waals surface area contributed by atoms with Crippen LogP contribution in [0, 0.1) is 5.92 Å². The number of benzene rings is 1. The van der Waals surface area contributed by atoms with E-state index in [1.807, 2.05) is 0 Å². The summed E-state index contributed by atoms with van der Waals surface area (Å²) in [6.07, 6.45) is 5.02. The van der Waals surface area contributed by atoms with Crippen molar-refractivity contribution in [3.8, 4) is 5.75 Å². The SMILES string of the molecule is Cn1cnc(S(=O)(=O)Nc2cccc(C(c3c(O)cc(CCC(N)C(=O)N4CCNCC4)oc3=O)C3CC3)c2)c1. The topological polar surface area (TPSA) is 173 Å². The van der Waals surface area contributed by atoms with Crippen LogP contribution < -0.4 is 21.4 Å². The highest BCUT2D eigenvalue weighted by molar-refractivity contribution is 7.92. The van der Waals surface area contributed by atoms with Gasteiger partial charge in [-0.25, -0.2) is 9.78 Å². The molecule has 1 aromatic carbocycles. The van der Waals surface area contributed by atoms with Crippen LogP contribution in [0.5, 0.6) is 5.75 Å². The number of nitrogens with zero attached hydrogens (tertiary/aromatic N) is 3. The van der Waals surface area contributed by atoms with Crippen LogP contribution in [0.4, 0.5) is 5.69 Å². The molecule has 0 spiro atoms. The quantitative estimate of drug-likeness (QED) is 0.279. The van der Waals surface area contributed by atoms with Gasteiger partial charge < -0.3 is 30.0 Å². The first-order valence-corrected chi connectivity index (χ1v) is 14.8. The molecule has 0 bridgehead atoms. The minimum Gasteiger partial charge on any atom is -0.507 e. The number of aromatic nitrogens is 2. The van der Waals surface area contributed by atoms with Crippen molar-refractivity contribution in [3.63, 3.8) is 0 Å². The van der Waals surface area contributed by atoms with Crippen molar-refractivity contribution in [2.45, 2.75) is 42.7 Å². The number of aryl methyl sites for hydroxylation is 2. The number of imidazole rings is 1. The van der Waals surface area contributed by atoms with Crippen molar-refractivity contribution in [3.05, 3.63) is 70.2 Å². The molecule has 3 aromatic rings. The van der Waals surface area contributed by atoms with Gasteiger partial charge in [0.1, 0.15) is 11.5 Å². The van der Waals surface area contributed by atoms with Crippen molar-refractivity contribution in [1.82, 2.24) is 19.8 Å². The number of hydrogen-bond donors (Lipinski definition) is 4. The molecule has 13 heteroatoms. The summed E-state index contributed by atoms with van der Waals surface area (Å²) in [6, 6.07) is 7.46. The number of anilines is 1. The summed E-state index contributed by atoms with van der Waals surface area (Å²) in [5, 5.41) is 14.1. The first kappa shape index (κ1) is 27.9. The largest absolute Gasteiger partial charge is 0.507 e. The van der Waals surface area contributed by atoms with E-state index in [9.17, 15) is 23.1 Å². The second kappa shape index (κ2) is 11.4. The minimum absolute atomic E-state index is 0.104. The molecular weight excluding hydrogens is 536 g/mol. The molecule has 5 rings (SSSR count). The van der Waals surface area contributed by atoms with E-state index in [0.717, 1.165) is 25.9 Å². The van der Waals surface area contributed by atoms with Crippen molar-refractivity contribution in [2.24, 2.45) is 18.7 Å². The van der Waals surface area contributed by atoms with Crippen molar-refractivity contribution >= 4 is 21.6 Å². The Morgan fingerprint density at radius 3 is 2.67 bits per heavy atom. The van der Waals surface area contributed by atoms with Crippen LogP contribution in [0.15, 0.2) is 57.1 Å². The zero-order valence-electron chi connectivity index (χ0n) is 22.2. The molecule has 2 aliphatic rings. The van der Waals surface area contributed by atoms with Crippen LogP contribution in [0.25, 0.3) is 0 Å². The Bertz CT molecular complexity index is 1540. The molecule has 1 amide bonds. The van der Waals surface area contributed by atoms with E-state index in [4.69, 9.17) is 10.2 Å². The standard InChI is InChI=1S/C27H34N6O6S/c1-32-15-23(30-16-32)40(37,38)31-19-4-2-3-18(13-19)24(17-5-6-17)25-22(34)14-20(39-27(25)36)7-8-21(28)26(35)33-11-9-29-10-12-33/h2-4,13-17,21,24,29,31,34H,5-12,28H2,1H3. The highest BCUT2D eigenvalue weighted by atomic mass is 32.2. The highest BCUT2D eigenvalue weighted by Crippen LogP contribution is 2.48. The fraction of sp³-hybridized carbons (Fsp3) is 0.444. The Balaban J connectivity index is 1.33. The second-order valence-electron chi connectivity index (χ2n) is 10.4. The first-order valence-electron chi connectivity index (χ1n) is 13.3. The molecule has 2 atom stereocenters. The Kier molecular flexibility index (Phi) is 7.97. The summed E-state index contributed by atoms with van der Waals surface area (Å²) in [4.78, 5) is 31.4. The van der Waals surface area contributed by atoms with Gasteiger partial charge in [0.05, 0.1) is 17.9 Å². The summed E-state index contributed by atoms with van der Waals surface area (Å²) in [5.74, 6) is -0.448. The molecule has 1 saturated heterocycles. The monoisotopic (exact) mass is 570 g/mol. The van der Waals surface area contributed by atoms with Gasteiger partial charge in [-0.05, 0) is 42.9 Å². The Morgan fingerprint density at radius 1 is 1.27 bits per heavy atom. The maximum Gasteiger partial charge on any atom is 0.343 e. The number of carbonyl (C=O) groups excluding carboxylic acids is 1. The van der Waals surface area contributed by atoms with Gasteiger partial charge in [0, 0.05) is 63.5 Å². The van der Waals surface area contributed by atoms with E-state index >= 15 is 0 Å². The fourth-order valence-electron chi connectivity index (χ4n) is 5.12. The number of carbonyl (C=O) groups is 1. The average molecular weight is 571 g/mol. The summed E-state index contributed by atoms with van der Waals surface area (Å²) in [6.45, 7) is 2.66. The fourth-order valence-corrected chi connectivity index (χ4v) is 6.16. The molecule has 2 unspecified atom stereocenters. The van der Waals surface area contributed by atoms with Gasteiger partial charge in [-0.3, -0.25) is 9.52 Å². The molecule has 1 saturated carbocycles. The normalized spacial score (nSPS) is 17.4. The van der Waals surface area contributed by atoms with Gasteiger partial charge in [0.2, 0.25) is 5.91 Å². The van der Waals surface area contributed by atoms with Crippen LogP contribution in [0.3, 0.4) is 0 Å². The van der Waals surface area contributed by atoms with Gasteiger partial charge in [0.15, 0.2) is 5.03 Å². The van der Waals surface area contributed by atoms with E-state index < -0.39 is 27.6 Å². The number of piperazine rings is 1. The van der Waals surface area contributed by atoms with Crippen molar-refractivity contribution < 1.29 is 22.7 Å². The lowest BCUT2D eigenvalue weighted by molar-refractivity contribution is -0.133. The summed E-state index contributed by atoms with van der Waals surface area (Å²) in [7, 11) is -2.23. The van der Waals surface area contributed by atoms with E-state index in [2.05, 4.69) is 15.0 Å². The third-order valence-electron chi connectivity index (χ3n) is 7.32. The molecule has 214 valence electrons. The molecule has 2 aromatic heterocycles. The maximum atomic E-state index is 13.2. The van der Waals surface area contributed by atoms with Gasteiger partial charge in [0.25, 0.3) is 10.0 Å². The summed E-state index contributed by atoms with van der Waals surface area (Å²) in [5.41, 5.74) is 6.60. The smallest absolute Gasteiger partial charge is 0.343 e. The molecule has 2 fully saturated rings. The second-order valence-corrected chi connectivity index (χ2v) is 12.1. The predicted octanol–water partition coefficient (Wildman–Crippen LogP) is 1.11. The van der Waals surface area contributed by atoms with Crippen LogP contribution in [-0.4, -0.2) is 66.1 Å². The number of nitrogens with one attached hydrogen (secondary N) is 2. The van der Waals surface area contributed by atoms with Gasteiger partial charge in [-0.15, -0.1) is 0 Å².